The third-order valence-electron chi connectivity index (χ3n) is 3.26. The standard InChI is InChI=1S/C17H15ClO4/c18-13-4-1-2-5-15(13)22-11-14(19)12-6-7-16-17(10-12)21-9-3-8-20-16/h1-2,4-7,10H,3,8-9,11H2. The first-order chi connectivity index (χ1) is 10.7. The molecule has 1 aliphatic rings. The van der Waals surface area contributed by atoms with Crippen molar-refractivity contribution in [3.63, 3.8) is 0 Å². The van der Waals surface area contributed by atoms with Gasteiger partial charge in [-0.3, -0.25) is 4.79 Å². The Morgan fingerprint density at radius 1 is 1.09 bits per heavy atom. The summed E-state index contributed by atoms with van der Waals surface area (Å²) >= 11 is 5.99. The molecule has 4 nitrogen and oxygen atoms in total. The summed E-state index contributed by atoms with van der Waals surface area (Å²) in [6.45, 7) is 1.13. The highest BCUT2D eigenvalue weighted by Gasteiger charge is 2.15. The molecule has 0 amide bonds. The molecular weight excluding hydrogens is 304 g/mol. The number of ether oxygens (including phenoxy) is 3. The molecular formula is C17H15ClO4. The van der Waals surface area contributed by atoms with Gasteiger partial charge < -0.3 is 14.2 Å². The molecule has 0 aromatic heterocycles. The molecule has 3 rings (SSSR count). The van der Waals surface area contributed by atoms with E-state index in [2.05, 4.69) is 0 Å². The van der Waals surface area contributed by atoms with E-state index in [4.69, 9.17) is 25.8 Å². The Morgan fingerprint density at radius 3 is 2.68 bits per heavy atom. The van der Waals surface area contributed by atoms with E-state index in [9.17, 15) is 4.79 Å². The van der Waals surface area contributed by atoms with Gasteiger partial charge in [0, 0.05) is 12.0 Å². The maximum absolute atomic E-state index is 12.2. The molecule has 0 saturated carbocycles. The predicted octanol–water partition coefficient (Wildman–Crippen LogP) is 3.76. The van der Waals surface area contributed by atoms with Gasteiger partial charge in [0.1, 0.15) is 5.75 Å². The minimum atomic E-state index is -0.143. The van der Waals surface area contributed by atoms with Crippen molar-refractivity contribution in [2.24, 2.45) is 0 Å². The second kappa shape index (κ2) is 6.71. The summed E-state index contributed by atoms with van der Waals surface area (Å²) in [4.78, 5) is 12.2. The summed E-state index contributed by atoms with van der Waals surface area (Å²) in [5, 5.41) is 0.481. The van der Waals surface area contributed by atoms with Crippen molar-refractivity contribution in [3.05, 3.63) is 53.1 Å². The monoisotopic (exact) mass is 318 g/mol. The minimum Gasteiger partial charge on any atom is -0.490 e. The molecule has 0 aliphatic carbocycles. The van der Waals surface area contributed by atoms with Crippen LogP contribution in [0.1, 0.15) is 16.8 Å². The van der Waals surface area contributed by atoms with E-state index in [0.29, 0.717) is 41.0 Å². The van der Waals surface area contributed by atoms with Gasteiger partial charge in [-0.2, -0.15) is 0 Å². The molecule has 22 heavy (non-hydrogen) atoms. The highest BCUT2D eigenvalue weighted by atomic mass is 35.5. The lowest BCUT2D eigenvalue weighted by molar-refractivity contribution is 0.0921. The third kappa shape index (κ3) is 3.34. The fourth-order valence-corrected chi connectivity index (χ4v) is 2.32. The second-order valence-corrected chi connectivity index (χ2v) is 5.26. The Morgan fingerprint density at radius 2 is 1.86 bits per heavy atom. The number of fused-ring (bicyclic) bond motifs is 1. The molecule has 5 heteroatoms. The first-order valence-corrected chi connectivity index (χ1v) is 7.42. The van der Waals surface area contributed by atoms with Crippen molar-refractivity contribution in [2.75, 3.05) is 19.8 Å². The van der Waals surface area contributed by atoms with Gasteiger partial charge in [-0.05, 0) is 30.3 Å². The molecule has 2 aromatic carbocycles. The van der Waals surface area contributed by atoms with Gasteiger partial charge >= 0.3 is 0 Å². The van der Waals surface area contributed by atoms with Crippen LogP contribution in [0, 0.1) is 0 Å². The average Bonchev–Trinajstić information content (AvgIpc) is 2.78. The molecule has 0 atom stereocenters. The number of benzene rings is 2. The van der Waals surface area contributed by atoms with Crippen LogP contribution in [-0.2, 0) is 0 Å². The number of carbonyl (C=O) groups is 1. The molecule has 1 heterocycles. The lowest BCUT2D eigenvalue weighted by Crippen LogP contribution is -2.12. The first-order valence-electron chi connectivity index (χ1n) is 7.04. The molecule has 0 unspecified atom stereocenters. The maximum Gasteiger partial charge on any atom is 0.200 e. The highest BCUT2D eigenvalue weighted by Crippen LogP contribution is 2.30. The van der Waals surface area contributed by atoms with E-state index < -0.39 is 0 Å². The molecule has 114 valence electrons. The molecule has 0 spiro atoms. The summed E-state index contributed by atoms with van der Waals surface area (Å²) in [5.41, 5.74) is 0.524. The minimum absolute atomic E-state index is 0.0800. The van der Waals surface area contributed by atoms with Crippen LogP contribution in [0.15, 0.2) is 42.5 Å². The van der Waals surface area contributed by atoms with Gasteiger partial charge in [0.05, 0.1) is 18.2 Å². The van der Waals surface area contributed by atoms with Crippen molar-refractivity contribution < 1.29 is 19.0 Å². The van der Waals surface area contributed by atoms with E-state index in [-0.39, 0.29) is 12.4 Å². The number of hydrogen-bond acceptors (Lipinski definition) is 4. The van der Waals surface area contributed by atoms with E-state index in [1.807, 2.05) is 0 Å². The van der Waals surface area contributed by atoms with Crippen LogP contribution < -0.4 is 14.2 Å². The van der Waals surface area contributed by atoms with Crippen LogP contribution in [-0.4, -0.2) is 25.6 Å². The fourth-order valence-electron chi connectivity index (χ4n) is 2.13. The van der Waals surface area contributed by atoms with Crippen molar-refractivity contribution in [2.45, 2.75) is 6.42 Å². The smallest absolute Gasteiger partial charge is 0.200 e. The largest absolute Gasteiger partial charge is 0.490 e. The predicted molar refractivity (Wildman–Crippen MR) is 83.3 cm³/mol. The number of para-hydroxylation sites is 1. The number of carbonyl (C=O) groups excluding carboxylic acids is 1. The second-order valence-electron chi connectivity index (χ2n) is 4.85. The Hall–Kier alpha value is -2.20. The van der Waals surface area contributed by atoms with E-state index in [0.717, 1.165) is 6.42 Å². The molecule has 0 radical (unpaired) electrons. The number of Topliss-reactive ketones (excluding diaryl/α,β-unsaturated/α-hetero) is 1. The zero-order chi connectivity index (χ0) is 15.4. The summed E-state index contributed by atoms with van der Waals surface area (Å²) in [6.07, 6.45) is 0.827. The highest BCUT2D eigenvalue weighted by molar-refractivity contribution is 6.32. The normalized spacial score (nSPS) is 13.3. The molecule has 1 aliphatic heterocycles. The van der Waals surface area contributed by atoms with Crippen LogP contribution in [0.3, 0.4) is 0 Å². The number of ketones is 1. The van der Waals surface area contributed by atoms with E-state index in [1.165, 1.54) is 0 Å². The Bertz CT molecular complexity index is 684. The van der Waals surface area contributed by atoms with E-state index in [1.54, 1.807) is 42.5 Å². The summed E-state index contributed by atoms with van der Waals surface area (Å²) in [6, 6.07) is 12.2. The van der Waals surface area contributed by atoms with Crippen LogP contribution in [0.5, 0.6) is 17.2 Å². The molecule has 0 saturated heterocycles. The van der Waals surface area contributed by atoms with Gasteiger partial charge in [-0.25, -0.2) is 0 Å². The molecule has 0 N–H and O–H groups in total. The first kappa shape index (κ1) is 14.7. The number of halogens is 1. The number of rotatable bonds is 4. The zero-order valence-corrected chi connectivity index (χ0v) is 12.6. The van der Waals surface area contributed by atoms with Gasteiger partial charge in [-0.15, -0.1) is 0 Å². The van der Waals surface area contributed by atoms with Crippen LogP contribution in [0.25, 0.3) is 0 Å². The van der Waals surface area contributed by atoms with Crippen LogP contribution in [0.2, 0.25) is 5.02 Å². The van der Waals surface area contributed by atoms with Gasteiger partial charge in [0.2, 0.25) is 0 Å². The van der Waals surface area contributed by atoms with Crippen molar-refractivity contribution in [1.82, 2.24) is 0 Å². The van der Waals surface area contributed by atoms with Crippen molar-refractivity contribution >= 4 is 17.4 Å². The fraction of sp³-hybridized carbons (Fsp3) is 0.235. The molecule has 0 bridgehead atoms. The lowest BCUT2D eigenvalue weighted by Gasteiger charge is -2.10. The quantitative estimate of drug-likeness (QED) is 0.805. The lowest BCUT2D eigenvalue weighted by atomic mass is 10.1. The topological polar surface area (TPSA) is 44.8 Å². The summed E-state index contributed by atoms with van der Waals surface area (Å²) in [7, 11) is 0. The van der Waals surface area contributed by atoms with Gasteiger partial charge in [0.25, 0.3) is 0 Å². The molecule has 0 fully saturated rings. The van der Waals surface area contributed by atoms with Gasteiger partial charge in [0.15, 0.2) is 23.9 Å². The third-order valence-corrected chi connectivity index (χ3v) is 3.58. The van der Waals surface area contributed by atoms with Crippen molar-refractivity contribution in [1.29, 1.82) is 0 Å². The van der Waals surface area contributed by atoms with E-state index >= 15 is 0 Å². The average molecular weight is 319 g/mol. The number of hydrogen-bond donors (Lipinski definition) is 0. The van der Waals surface area contributed by atoms with Crippen LogP contribution in [0.4, 0.5) is 0 Å². The summed E-state index contributed by atoms with van der Waals surface area (Å²) < 4.78 is 16.6. The Balaban J connectivity index is 1.70. The molecule has 2 aromatic rings. The SMILES string of the molecule is O=C(COc1ccccc1Cl)c1ccc2c(c1)OCCCO2. The summed E-state index contributed by atoms with van der Waals surface area (Å²) in [5.74, 6) is 1.62. The Kier molecular flexibility index (Phi) is 4.49. The van der Waals surface area contributed by atoms with Crippen molar-refractivity contribution in [3.8, 4) is 17.2 Å². The van der Waals surface area contributed by atoms with Crippen LogP contribution >= 0.6 is 11.6 Å². The Labute approximate surface area is 133 Å². The van der Waals surface area contributed by atoms with Gasteiger partial charge in [-0.1, -0.05) is 23.7 Å². The maximum atomic E-state index is 12.2. The zero-order valence-electron chi connectivity index (χ0n) is 11.9.